The molecule has 2 aromatic heterocycles. The van der Waals surface area contributed by atoms with Gasteiger partial charge >= 0.3 is 6.03 Å². The SMILES string of the molecule is [2H][13C]([2H])([2H])N1CCC(N2CCN(C(=O)C(Cc3cc(C)c4[nH]ncc4c3)NC(=O)N3CCC(c4cc5ccccc5[nH]c4=O)CC3)CC2)CC1. The summed E-state index contributed by atoms with van der Waals surface area (Å²) in [5.41, 5.74) is 4.41. The minimum absolute atomic E-state index is 0.0477. The molecule has 3 saturated heterocycles. The molecule has 3 fully saturated rings. The van der Waals surface area contributed by atoms with E-state index in [2.05, 4.69) is 25.4 Å². The maximum Gasteiger partial charge on any atom is 0.318 e. The Balaban J connectivity index is 1.01. The number of aryl methyl sites for hydroxylation is 1. The molecule has 11 heteroatoms. The van der Waals surface area contributed by atoms with E-state index >= 15 is 0 Å². The lowest BCUT2D eigenvalue weighted by Gasteiger charge is -2.43. The molecule has 0 spiro atoms. The topological polar surface area (TPSA) is 121 Å². The summed E-state index contributed by atoms with van der Waals surface area (Å²) in [6.45, 7) is 4.56. The van der Waals surface area contributed by atoms with E-state index in [1.54, 1.807) is 16.0 Å². The summed E-state index contributed by atoms with van der Waals surface area (Å²) < 4.78 is 23.1. The number of pyridine rings is 1. The third-order valence-corrected chi connectivity index (χ3v) is 10.5. The van der Waals surface area contributed by atoms with Crippen LogP contribution in [0, 0.1) is 6.92 Å². The number of hydrogen-bond acceptors (Lipinski definition) is 6. The number of H-pyrrole nitrogens is 2. The molecule has 47 heavy (non-hydrogen) atoms. The van der Waals surface area contributed by atoms with E-state index in [-0.39, 0.29) is 23.4 Å². The number of aromatic nitrogens is 3. The number of nitrogens with zero attached hydrogens (tertiary/aromatic N) is 5. The first-order valence-corrected chi connectivity index (χ1v) is 16.9. The first kappa shape index (κ1) is 27.9. The van der Waals surface area contributed by atoms with E-state index in [9.17, 15) is 14.4 Å². The second-order valence-electron chi connectivity index (χ2n) is 13.4. The Kier molecular flexibility index (Phi) is 7.99. The number of para-hydroxylation sites is 1. The van der Waals surface area contributed by atoms with Gasteiger partial charge in [0, 0.05) is 72.3 Å². The zero-order valence-corrected chi connectivity index (χ0v) is 27.0. The number of likely N-dealkylation sites (tertiary alicyclic amines) is 2. The zero-order chi connectivity index (χ0) is 35.0. The van der Waals surface area contributed by atoms with Gasteiger partial charge < -0.3 is 25.0 Å². The maximum atomic E-state index is 14.2. The Hall–Kier alpha value is -4.22. The largest absolute Gasteiger partial charge is 0.338 e. The summed E-state index contributed by atoms with van der Waals surface area (Å²) in [7, 11) is 0. The van der Waals surface area contributed by atoms with Crippen LogP contribution in [0.3, 0.4) is 0 Å². The number of carbonyl (C=O) groups is 2. The molecule has 5 heterocycles. The minimum atomic E-state index is -2.05. The predicted molar refractivity (Wildman–Crippen MR) is 184 cm³/mol. The smallest absolute Gasteiger partial charge is 0.318 e. The number of fused-ring (bicyclic) bond motifs is 2. The van der Waals surface area contributed by atoms with Crippen LogP contribution >= 0.6 is 0 Å². The van der Waals surface area contributed by atoms with Crippen LogP contribution in [0.15, 0.2) is 53.5 Å². The molecule has 3 amide bonds. The summed E-state index contributed by atoms with van der Waals surface area (Å²) in [5, 5.41) is 12.3. The number of carbonyl (C=O) groups excluding carboxylic acids is 2. The number of benzene rings is 2. The van der Waals surface area contributed by atoms with Crippen molar-refractivity contribution in [2.75, 3.05) is 59.3 Å². The lowest BCUT2D eigenvalue weighted by Crippen LogP contribution is -2.59. The number of piperidine rings is 2. The second-order valence-corrected chi connectivity index (χ2v) is 13.4. The van der Waals surface area contributed by atoms with Gasteiger partial charge in [-0.1, -0.05) is 24.3 Å². The normalized spacial score (nSPS) is 21.0. The van der Waals surface area contributed by atoms with Gasteiger partial charge in [0.15, 0.2) is 0 Å². The van der Waals surface area contributed by atoms with E-state index in [1.165, 1.54) is 0 Å². The van der Waals surface area contributed by atoms with Crippen molar-refractivity contribution in [3.63, 3.8) is 0 Å². The standard InChI is InChI=1S/C36H46N8O3/c1-24-19-25(20-28-23-37-40-33(24)28)21-32(35(46)43-17-15-42(16-18-43)29-9-11-41(2)12-10-29)39-36(47)44-13-7-26(8-14-44)30-22-27-5-3-4-6-31(27)38-34(30)45/h3-6,19-20,22-23,26,29,32H,7-18,21H2,1-2H3,(H,37,40)(H,38,45)(H,39,47)/i2+1D3. The van der Waals surface area contributed by atoms with Crippen LogP contribution in [-0.2, 0) is 11.2 Å². The predicted octanol–water partition coefficient (Wildman–Crippen LogP) is 3.45. The molecule has 0 bridgehead atoms. The van der Waals surface area contributed by atoms with Crippen molar-refractivity contribution in [2.24, 2.45) is 0 Å². The highest BCUT2D eigenvalue weighted by molar-refractivity contribution is 5.88. The van der Waals surface area contributed by atoms with Crippen LogP contribution in [-0.4, -0.2) is 118 Å². The molecule has 0 radical (unpaired) electrons. The van der Waals surface area contributed by atoms with Crippen molar-refractivity contribution < 1.29 is 13.7 Å². The van der Waals surface area contributed by atoms with Crippen LogP contribution in [0.1, 0.15) is 52.4 Å². The van der Waals surface area contributed by atoms with Crippen LogP contribution < -0.4 is 10.9 Å². The number of amides is 3. The molecular weight excluding hydrogens is 593 g/mol. The third kappa shape index (κ3) is 6.78. The quantitative estimate of drug-likeness (QED) is 0.277. The highest BCUT2D eigenvalue weighted by Crippen LogP contribution is 2.28. The fourth-order valence-corrected chi connectivity index (χ4v) is 7.73. The molecule has 3 aliphatic heterocycles. The van der Waals surface area contributed by atoms with Crippen molar-refractivity contribution in [1.82, 2.24) is 40.1 Å². The van der Waals surface area contributed by atoms with Gasteiger partial charge in [-0.15, -0.1) is 0 Å². The van der Waals surface area contributed by atoms with Crippen molar-refractivity contribution >= 4 is 33.7 Å². The molecule has 0 saturated carbocycles. The first-order valence-electron chi connectivity index (χ1n) is 18.4. The number of urea groups is 1. The molecular formula is C36H46N8O3. The Morgan fingerprint density at radius 3 is 2.49 bits per heavy atom. The molecule has 3 aliphatic rings. The monoisotopic (exact) mass is 642 g/mol. The van der Waals surface area contributed by atoms with E-state index in [0.29, 0.717) is 77.7 Å². The van der Waals surface area contributed by atoms with Gasteiger partial charge in [-0.2, -0.15) is 5.10 Å². The summed E-state index contributed by atoms with van der Waals surface area (Å²) >= 11 is 0. The molecule has 0 aliphatic carbocycles. The number of hydrogen-bond donors (Lipinski definition) is 3. The highest BCUT2D eigenvalue weighted by atomic mass is 16.2. The van der Waals surface area contributed by atoms with Crippen molar-refractivity contribution in [3.8, 4) is 0 Å². The first-order chi connectivity index (χ1) is 24.0. The summed E-state index contributed by atoms with van der Waals surface area (Å²) in [6, 6.07) is 13.1. The molecule has 248 valence electrons. The van der Waals surface area contributed by atoms with Gasteiger partial charge in [0.1, 0.15) is 6.04 Å². The molecule has 1 atom stereocenters. The Labute approximate surface area is 279 Å². The molecule has 3 N–H and O–H groups in total. The molecule has 11 nitrogen and oxygen atoms in total. The summed E-state index contributed by atoms with van der Waals surface area (Å²) in [5.74, 6) is -0.0516. The van der Waals surface area contributed by atoms with Crippen molar-refractivity contribution in [3.05, 3.63) is 75.7 Å². The molecule has 7 rings (SSSR count). The van der Waals surface area contributed by atoms with Gasteiger partial charge in [-0.3, -0.25) is 19.6 Å². The van der Waals surface area contributed by atoms with Crippen molar-refractivity contribution in [1.29, 1.82) is 0 Å². The zero-order valence-electron chi connectivity index (χ0n) is 30.0. The fourth-order valence-electron chi connectivity index (χ4n) is 7.73. The average molecular weight is 643 g/mol. The molecule has 2 aromatic carbocycles. The van der Waals surface area contributed by atoms with Crippen LogP contribution in [0.2, 0.25) is 0 Å². The van der Waals surface area contributed by atoms with Gasteiger partial charge in [-0.05, 0) is 93.3 Å². The molecule has 1 unspecified atom stereocenters. The van der Waals surface area contributed by atoms with Gasteiger partial charge in [0.2, 0.25) is 5.91 Å². The van der Waals surface area contributed by atoms with Crippen molar-refractivity contribution in [2.45, 2.75) is 57.0 Å². The van der Waals surface area contributed by atoms with E-state index in [4.69, 9.17) is 4.11 Å². The fraction of sp³-hybridized carbons (Fsp3) is 0.500. The average Bonchev–Trinajstić information content (AvgIpc) is 3.60. The number of aromatic amines is 2. The second kappa shape index (κ2) is 13.5. The van der Waals surface area contributed by atoms with Gasteiger partial charge in [-0.25, -0.2) is 4.79 Å². The Morgan fingerprint density at radius 2 is 1.72 bits per heavy atom. The lowest BCUT2D eigenvalue weighted by atomic mass is 9.89. The van der Waals surface area contributed by atoms with E-state index in [0.717, 1.165) is 51.3 Å². The maximum absolute atomic E-state index is 14.2. The highest BCUT2D eigenvalue weighted by Gasteiger charge is 2.34. The van der Waals surface area contributed by atoms with Crippen LogP contribution in [0.5, 0.6) is 0 Å². The van der Waals surface area contributed by atoms with Gasteiger partial charge in [0.05, 0.1) is 11.7 Å². The minimum Gasteiger partial charge on any atom is -0.338 e. The van der Waals surface area contributed by atoms with Crippen LogP contribution in [0.25, 0.3) is 21.8 Å². The number of nitrogens with one attached hydrogen (secondary N) is 3. The number of rotatable bonds is 6. The number of piperazine rings is 1. The lowest BCUT2D eigenvalue weighted by molar-refractivity contribution is -0.135. The van der Waals surface area contributed by atoms with E-state index in [1.807, 2.05) is 54.3 Å². The van der Waals surface area contributed by atoms with Crippen LogP contribution in [0.4, 0.5) is 4.79 Å². The third-order valence-electron chi connectivity index (χ3n) is 10.5. The Morgan fingerprint density at radius 1 is 0.957 bits per heavy atom. The van der Waals surface area contributed by atoms with E-state index < -0.39 is 13.0 Å². The summed E-state index contributed by atoms with van der Waals surface area (Å²) in [4.78, 5) is 51.5. The van der Waals surface area contributed by atoms with Gasteiger partial charge in [0.25, 0.3) is 5.56 Å². The molecule has 4 aromatic rings. The summed E-state index contributed by atoms with van der Waals surface area (Å²) in [6.07, 6.45) is 5.05. The Bertz CT molecular complexity index is 1900.